The van der Waals surface area contributed by atoms with Crippen molar-refractivity contribution >= 4 is 65.7 Å². The first kappa shape index (κ1) is 27.9. The Morgan fingerprint density at radius 3 is 1.82 bits per heavy atom. The van der Waals surface area contributed by atoms with Gasteiger partial charge < -0.3 is 13.4 Å². The van der Waals surface area contributed by atoms with Gasteiger partial charge in [0.2, 0.25) is 0 Å². The van der Waals surface area contributed by atoms with Gasteiger partial charge in [0.1, 0.15) is 22.3 Å². The van der Waals surface area contributed by atoms with Crippen LogP contribution in [-0.4, -0.2) is 14.5 Å². The average Bonchev–Trinajstić information content (AvgIpc) is 3.88. The molecular weight excluding hydrogens is 627 g/mol. The molecule has 4 heterocycles. The van der Waals surface area contributed by atoms with Gasteiger partial charge >= 0.3 is 0 Å². The molecule has 0 spiro atoms. The topological polar surface area (TPSA) is 57.0 Å². The van der Waals surface area contributed by atoms with Gasteiger partial charge in [-0.2, -0.15) is 0 Å². The van der Waals surface area contributed by atoms with E-state index in [2.05, 4.69) is 120 Å². The van der Waals surface area contributed by atoms with E-state index < -0.39 is 0 Å². The molecule has 0 atom stereocenters. The molecule has 4 aromatic heterocycles. The molecule has 5 heteroatoms. The zero-order chi connectivity index (χ0) is 33.5. The van der Waals surface area contributed by atoms with Crippen molar-refractivity contribution in [2.24, 2.45) is 0 Å². The molecule has 5 nitrogen and oxygen atoms in total. The van der Waals surface area contributed by atoms with Crippen LogP contribution >= 0.6 is 0 Å². The van der Waals surface area contributed by atoms with E-state index in [1.54, 1.807) is 0 Å². The quantitative estimate of drug-likeness (QED) is 0.190. The normalized spacial score (nSPS) is 11.9. The highest BCUT2D eigenvalue weighted by atomic mass is 16.3. The Morgan fingerprint density at radius 2 is 1.04 bits per heavy atom. The Bertz CT molecular complexity index is 3130. The number of fused-ring (bicyclic) bond motifs is 10. The third-order valence-electron chi connectivity index (χ3n) is 10.0. The minimum Gasteiger partial charge on any atom is -0.455 e. The van der Waals surface area contributed by atoms with Crippen molar-refractivity contribution in [1.82, 2.24) is 14.5 Å². The van der Waals surface area contributed by atoms with Gasteiger partial charge in [-0.05, 0) is 54.6 Å². The molecule has 0 fully saturated rings. The third kappa shape index (κ3) is 4.22. The monoisotopic (exact) mass is 653 g/mol. The minimum absolute atomic E-state index is 0.664. The number of furan rings is 2. The predicted octanol–water partition coefficient (Wildman–Crippen LogP) is 12.4. The van der Waals surface area contributed by atoms with E-state index in [-0.39, 0.29) is 0 Å². The maximum atomic E-state index is 6.50. The summed E-state index contributed by atoms with van der Waals surface area (Å²) in [5.74, 6) is 0.664. The van der Waals surface area contributed by atoms with E-state index in [0.717, 1.165) is 99.4 Å². The van der Waals surface area contributed by atoms with Crippen LogP contribution in [-0.2, 0) is 0 Å². The molecule has 0 N–H and O–H groups in total. The third-order valence-corrected chi connectivity index (χ3v) is 10.0. The summed E-state index contributed by atoms with van der Waals surface area (Å²) >= 11 is 0. The van der Waals surface area contributed by atoms with Crippen LogP contribution in [0.25, 0.3) is 105 Å². The molecule has 11 aromatic rings. The van der Waals surface area contributed by atoms with Crippen molar-refractivity contribution in [1.29, 1.82) is 0 Å². The summed E-state index contributed by atoms with van der Waals surface area (Å²) in [7, 11) is 0. The zero-order valence-electron chi connectivity index (χ0n) is 27.2. The van der Waals surface area contributed by atoms with Crippen LogP contribution < -0.4 is 0 Å². The summed E-state index contributed by atoms with van der Waals surface area (Å²) in [6.45, 7) is 0. The van der Waals surface area contributed by atoms with E-state index in [0.29, 0.717) is 5.82 Å². The molecule has 238 valence electrons. The summed E-state index contributed by atoms with van der Waals surface area (Å²) < 4.78 is 15.3. The molecule has 51 heavy (non-hydrogen) atoms. The predicted molar refractivity (Wildman–Crippen MR) is 207 cm³/mol. The van der Waals surface area contributed by atoms with Crippen LogP contribution in [0.5, 0.6) is 0 Å². The molecule has 7 aromatic carbocycles. The molecule has 0 amide bonds. The highest BCUT2D eigenvalue weighted by Gasteiger charge is 2.20. The van der Waals surface area contributed by atoms with E-state index in [1.165, 1.54) is 0 Å². The van der Waals surface area contributed by atoms with Crippen LogP contribution in [0.2, 0.25) is 0 Å². The number of hydrogen-bond acceptors (Lipinski definition) is 4. The van der Waals surface area contributed by atoms with Gasteiger partial charge in [0, 0.05) is 49.3 Å². The van der Waals surface area contributed by atoms with Gasteiger partial charge in [0.25, 0.3) is 0 Å². The second-order valence-electron chi connectivity index (χ2n) is 12.9. The number of hydrogen-bond donors (Lipinski definition) is 0. The van der Waals surface area contributed by atoms with Crippen molar-refractivity contribution in [2.45, 2.75) is 0 Å². The van der Waals surface area contributed by atoms with Crippen molar-refractivity contribution in [2.75, 3.05) is 0 Å². The van der Waals surface area contributed by atoms with Gasteiger partial charge in [0.15, 0.2) is 5.82 Å². The SMILES string of the molecule is c1ccc(-c2nc(-c3ccc(-n4c5ccccc5c5c6oc7ccccc7c6ccc54)cc3)cc(-c3cccc4c3oc3ccccc34)n2)cc1. The first-order valence-electron chi connectivity index (χ1n) is 17.1. The fourth-order valence-corrected chi connectivity index (χ4v) is 7.69. The summed E-state index contributed by atoms with van der Waals surface area (Å²) in [5.41, 5.74) is 11.3. The molecule has 0 aliphatic heterocycles. The largest absolute Gasteiger partial charge is 0.455 e. The lowest BCUT2D eigenvalue weighted by Crippen LogP contribution is -1.97. The van der Waals surface area contributed by atoms with Crippen LogP contribution in [0.4, 0.5) is 0 Å². The molecule has 0 radical (unpaired) electrons. The molecule has 11 rings (SSSR count). The highest BCUT2D eigenvalue weighted by molar-refractivity contribution is 6.23. The summed E-state index contributed by atoms with van der Waals surface area (Å²) in [4.78, 5) is 10.2. The average molecular weight is 654 g/mol. The Labute approximate surface area is 291 Å². The van der Waals surface area contributed by atoms with Gasteiger partial charge in [0.05, 0.1) is 27.8 Å². The lowest BCUT2D eigenvalue weighted by molar-refractivity contribution is 0.670. The molecule has 0 unspecified atom stereocenters. The Kier molecular flexibility index (Phi) is 5.89. The second kappa shape index (κ2) is 10.8. The molecule has 0 bridgehead atoms. The molecule has 0 aliphatic rings. The Balaban J connectivity index is 1.08. The summed E-state index contributed by atoms with van der Waals surface area (Å²) in [6.07, 6.45) is 0. The van der Waals surface area contributed by atoms with Gasteiger partial charge in [-0.1, -0.05) is 109 Å². The summed E-state index contributed by atoms with van der Waals surface area (Å²) in [5, 5.41) is 6.70. The molecule has 0 saturated heterocycles. The maximum absolute atomic E-state index is 6.50. The van der Waals surface area contributed by atoms with E-state index >= 15 is 0 Å². The van der Waals surface area contributed by atoms with E-state index in [1.807, 2.05) is 48.5 Å². The van der Waals surface area contributed by atoms with Gasteiger partial charge in [-0.3, -0.25) is 0 Å². The summed E-state index contributed by atoms with van der Waals surface area (Å²) in [6, 6.07) is 56.5. The van der Waals surface area contributed by atoms with Crippen LogP contribution in [0.15, 0.2) is 173 Å². The first-order valence-corrected chi connectivity index (χ1v) is 17.1. The standard InChI is InChI=1S/C46H27N3O2/c1-2-11-29(12-3-1)46-47-37(27-38(48-46)35-17-10-16-33-31-13-5-8-19-41(31)50-44(33)35)28-21-23-30(24-22-28)49-39-18-7-4-15-36(39)43-40(49)26-25-34-32-14-6-9-20-42(32)51-45(34)43/h1-27H. The van der Waals surface area contributed by atoms with Crippen molar-refractivity contribution in [3.63, 3.8) is 0 Å². The number of para-hydroxylation sites is 4. The fraction of sp³-hybridized carbons (Fsp3) is 0. The zero-order valence-corrected chi connectivity index (χ0v) is 27.2. The fourth-order valence-electron chi connectivity index (χ4n) is 7.69. The number of nitrogens with zero attached hydrogens (tertiary/aromatic N) is 3. The lowest BCUT2D eigenvalue weighted by atomic mass is 10.0. The van der Waals surface area contributed by atoms with Gasteiger partial charge in [-0.25, -0.2) is 9.97 Å². The van der Waals surface area contributed by atoms with E-state index in [9.17, 15) is 0 Å². The van der Waals surface area contributed by atoms with Crippen molar-refractivity contribution < 1.29 is 8.83 Å². The van der Waals surface area contributed by atoms with Crippen molar-refractivity contribution in [3.05, 3.63) is 164 Å². The second-order valence-corrected chi connectivity index (χ2v) is 12.9. The van der Waals surface area contributed by atoms with Gasteiger partial charge in [-0.15, -0.1) is 0 Å². The lowest BCUT2D eigenvalue weighted by Gasteiger charge is -2.11. The number of benzene rings is 7. The number of rotatable bonds is 4. The van der Waals surface area contributed by atoms with Crippen LogP contribution in [0.3, 0.4) is 0 Å². The smallest absolute Gasteiger partial charge is 0.160 e. The first-order chi connectivity index (χ1) is 25.3. The Hall–Kier alpha value is -6.98. The van der Waals surface area contributed by atoms with Crippen LogP contribution in [0.1, 0.15) is 0 Å². The molecular formula is C46H27N3O2. The van der Waals surface area contributed by atoms with Crippen LogP contribution in [0, 0.1) is 0 Å². The number of aromatic nitrogens is 3. The maximum Gasteiger partial charge on any atom is 0.160 e. The Morgan fingerprint density at radius 1 is 0.412 bits per heavy atom. The highest BCUT2D eigenvalue weighted by Crippen LogP contribution is 2.41. The minimum atomic E-state index is 0.664. The van der Waals surface area contributed by atoms with E-state index in [4.69, 9.17) is 18.8 Å². The molecule has 0 saturated carbocycles. The molecule has 0 aliphatic carbocycles. The van der Waals surface area contributed by atoms with Crippen molar-refractivity contribution in [3.8, 4) is 39.6 Å².